The van der Waals surface area contributed by atoms with Crippen molar-refractivity contribution in [1.29, 1.82) is 0 Å². The maximum Gasteiger partial charge on any atom is 0.164 e. The molecule has 2 aromatic heterocycles. The minimum absolute atomic E-state index is 0.607. The highest BCUT2D eigenvalue weighted by Crippen LogP contribution is 2.41. The highest BCUT2D eigenvalue weighted by molar-refractivity contribution is 6.18. The predicted molar refractivity (Wildman–Crippen MR) is 192 cm³/mol. The highest BCUT2D eigenvalue weighted by atomic mass is 16.3. The van der Waals surface area contributed by atoms with Gasteiger partial charge in [-0.05, 0) is 40.3 Å². The molecule has 0 saturated heterocycles. The molecule has 0 atom stereocenters. The summed E-state index contributed by atoms with van der Waals surface area (Å²) >= 11 is 0. The normalized spacial score (nSPS) is 11.4. The largest absolute Gasteiger partial charge is 0.455 e. The van der Waals surface area contributed by atoms with Crippen LogP contribution in [-0.2, 0) is 0 Å². The van der Waals surface area contributed by atoms with E-state index in [-0.39, 0.29) is 0 Å². The van der Waals surface area contributed by atoms with Gasteiger partial charge in [-0.1, -0.05) is 146 Å². The van der Waals surface area contributed by atoms with Crippen LogP contribution in [0.1, 0.15) is 0 Å². The van der Waals surface area contributed by atoms with Crippen molar-refractivity contribution in [2.24, 2.45) is 0 Å². The minimum atomic E-state index is 0.607. The van der Waals surface area contributed by atoms with Crippen molar-refractivity contribution in [3.8, 4) is 56.4 Å². The monoisotopic (exact) mass is 601 g/mol. The van der Waals surface area contributed by atoms with Crippen LogP contribution in [0.5, 0.6) is 0 Å². The van der Waals surface area contributed by atoms with Gasteiger partial charge in [0.2, 0.25) is 0 Å². The number of benzene rings is 7. The molecule has 4 heteroatoms. The van der Waals surface area contributed by atoms with Crippen LogP contribution in [0.2, 0.25) is 0 Å². The van der Waals surface area contributed by atoms with E-state index < -0.39 is 0 Å². The molecule has 2 heterocycles. The first kappa shape index (κ1) is 27.0. The molecular formula is C43H27N3O. The Hall–Kier alpha value is -6.39. The van der Waals surface area contributed by atoms with E-state index in [1.165, 1.54) is 5.56 Å². The zero-order valence-electron chi connectivity index (χ0n) is 25.3. The van der Waals surface area contributed by atoms with Crippen LogP contribution < -0.4 is 0 Å². The lowest BCUT2D eigenvalue weighted by atomic mass is 9.98. The van der Waals surface area contributed by atoms with E-state index in [4.69, 9.17) is 19.4 Å². The molecule has 0 aliphatic carbocycles. The van der Waals surface area contributed by atoms with Crippen LogP contribution in [0.15, 0.2) is 168 Å². The van der Waals surface area contributed by atoms with Gasteiger partial charge < -0.3 is 4.42 Å². The molecule has 0 bridgehead atoms. The van der Waals surface area contributed by atoms with Gasteiger partial charge in [0, 0.05) is 38.4 Å². The Labute approximate surface area is 271 Å². The molecule has 0 unspecified atom stereocenters. The second-order valence-corrected chi connectivity index (χ2v) is 11.6. The molecule has 0 saturated carbocycles. The van der Waals surface area contributed by atoms with Crippen LogP contribution >= 0.6 is 0 Å². The van der Waals surface area contributed by atoms with E-state index >= 15 is 0 Å². The van der Waals surface area contributed by atoms with Gasteiger partial charge in [-0.3, -0.25) is 0 Å². The summed E-state index contributed by atoms with van der Waals surface area (Å²) in [6.07, 6.45) is 0. The third-order valence-electron chi connectivity index (χ3n) is 8.72. The van der Waals surface area contributed by atoms with E-state index in [2.05, 4.69) is 121 Å². The third kappa shape index (κ3) is 4.84. The van der Waals surface area contributed by atoms with Gasteiger partial charge in [-0.15, -0.1) is 0 Å². The van der Waals surface area contributed by atoms with Crippen molar-refractivity contribution < 1.29 is 4.42 Å². The average molecular weight is 602 g/mol. The zero-order chi connectivity index (χ0) is 31.2. The van der Waals surface area contributed by atoms with E-state index in [9.17, 15) is 0 Å². The summed E-state index contributed by atoms with van der Waals surface area (Å²) in [6, 6.07) is 56.3. The number of hydrogen-bond donors (Lipinski definition) is 0. The third-order valence-corrected chi connectivity index (χ3v) is 8.72. The fraction of sp³-hybridized carbons (Fsp3) is 0. The standard InChI is InChI=1S/C43H27N3O/c1-4-12-28(13-5-1)29-20-22-33(23-21-29)42-44-41(32-17-8-3-9-18-32)45-43(46-42)34-26-37(30-14-6-2-7-15-30)40-38(27-34)36-25-24-31-16-10-11-19-35(31)39(36)47-40/h1-27H. The number of aromatic nitrogens is 3. The summed E-state index contributed by atoms with van der Waals surface area (Å²) in [5.41, 5.74) is 8.86. The van der Waals surface area contributed by atoms with Gasteiger partial charge in [0.1, 0.15) is 11.2 Å². The average Bonchev–Trinajstić information content (AvgIpc) is 3.55. The Morgan fingerprint density at radius 2 is 0.830 bits per heavy atom. The quantitative estimate of drug-likeness (QED) is 0.197. The maximum atomic E-state index is 6.72. The second-order valence-electron chi connectivity index (χ2n) is 11.6. The summed E-state index contributed by atoms with van der Waals surface area (Å²) < 4.78 is 6.72. The molecule has 220 valence electrons. The summed E-state index contributed by atoms with van der Waals surface area (Å²) in [5, 5.41) is 4.33. The number of fused-ring (bicyclic) bond motifs is 5. The van der Waals surface area contributed by atoms with Gasteiger partial charge in [-0.2, -0.15) is 0 Å². The molecule has 7 aromatic carbocycles. The van der Waals surface area contributed by atoms with Gasteiger partial charge in [-0.25, -0.2) is 15.0 Å². The van der Waals surface area contributed by atoms with Crippen LogP contribution in [0, 0.1) is 0 Å². The van der Waals surface area contributed by atoms with Crippen molar-refractivity contribution in [3.63, 3.8) is 0 Å². The number of rotatable bonds is 5. The van der Waals surface area contributed by atoms with E-state index in [0.717, 1.165) is 66.1 Å². The summed E-state index contributed by atoms with van der Waals surface area (Å²) in [7, 11) is 0. The molecule has 0 spiro atoms. The minimum Gasteiger partial charge on any atom is -0.455 e. The molecule has 0 aliphatic heterocycles. The molecule has 0 fully saturated rings. The summed E-state index contributed by atoms with van der Waals surface area (Å²) in [5.74, 6) is 1.86. The van der Waals surface area contributed by atoms with Gasteiger partial charge >= 0.3 is 0 Å². The van der Waals surface area contributed by atoms with Crippen LogP contribution in [0.25, 0.3) is 89.1 Å². The lowest BCUT2D eigenvalue weighted by Crippen LogP contribution is -2.00. The lowest BCUT2D eigenvalue weighted by molar-refractivity contribution is 0.674. The van der Waals surface area contributed by atoms with Gasteiger partial charge in [0.05, 0.1) is 0 Å². The Kier molecular flexibility index (Phi) is 6.43. The highest BCUT2D eigenvalue weighted by Gasteiger charge is 2.19. The topological polar surface area (TPSA) is 51.8 Å². The smallest absolute Gasteiger partial charge is 0.164 e. The summed E-state index contributed by atoms with van der Waals surface area (Å²) in [4.78, 5) is 15.2. The molecule has 47 heavy (non-hydrogen) atoms. The van der Waals surface area contributed by atoms with Crippen molar-refractivity contribution >= 4 is 32.7 Å². The van der Waals surface area contributed by atoms with Crippen LogP contribution in [-0.4, -0.2) is 15.0 Å². The zero-order valence-corrected chi connectivity index (χ0v) is 25.3. The number of hydrogen-bond acceptors (Lipinski definition) is 4. The first-order chi connectivity index (χ1) is 23.3. The summed E-state index contributed by atoms with van der Waals surface area (Å²) in [6.45, 7) is 0. The Balaban J connectivity index is 1.28. The lowest BCUT2D eigenvalue weighted by Gasteiger charge is -2.11. The van der Waals surface area contributed by atoms with Crippen molar-refractivity contribution in [2.75, 3.05) is 0 Å². The number of furan rings is 1. The van der Waals surface area contributed by atoms with Crippen LogP contribution in [0.3, 0.4) is 0 Å². The molecular weight excluding hydrogens is 574 g/mol. The van der Waals surface area contributed by atoms with E-state index in [1.807, 2.05) is 42.5 Å². The predicted octanol–water partition coefficient (Wildman–Crippen LogP) is 11.3. The molecule has 9 aromatic rings. The van der Waals surface area contributed by atoms with Gasteiger partial charge in [0.15, 0.2) is 17.5 Å². The van der Waals surface area contributed by atoms with E-state index in [0.29, 0.717) is 17.5 Å². The first-order valence-electron chi connectivity index (χ1n) is 15.7. The molecule has 0 radical (unpaired) electrons. The fourth-order valence-electron chi connectivity index (χ4n) is 6.36. The van der Waals surface area contributed by atoms with E-state index in [1.54, 1.807) is 0 Å². The molecule has 4 nitrogen and oxygen atoms in total. The van der Waals surface area contributed by atoms with Crippen molar-refractivity contribution in [2.45, 2.75) is 0 Å². The van der Waals surface area contributed by atoms with Crippen molar-refractivity contribution in [1.82, 2.24) is 15.0 Å². The molecule has 0 N–H and O–H groups in total. The molecule has 0 amide bonds. The SMILES string of the molecule is c1ccc(-c2ccc(-c3nc(-c4ccccc4)nc(-c4cc(-c5ccccc5)c5oc6c7ccccc7ccc6c5c4)n3)cc2)cc1. The van der Waals surface area contributed by atoms with Gasteiger partial charge in [0.25, 0.3) is 0 Å². The first-order valence-corrected chi connectivity index (χ1v) is 15.7. The Morgan fingerprint density at radius 1 is 0.319 bits per heavy atom. The van der Waals surface area contributed by atoms with Crippen LogP contribution in [0.4, 0.5) is 0 Å². The number of nitrogens with zero attached hydrogens (tertiary/aromatic N) is 3. The molecule has 9 rings (SSSR count). The fourth-order valence-corrected chi connectivity index (χ4v) is 6.36. The Morgan fingerprint density at radius 3 is 1.51 bits per heavy atom. The van der Waals surface area contributed by atoms with Crippen molar-refractivity contribution in [3.05, 3.63) is 164 Å². The maximum absolute atomic E-state index is 6.72. The molecule has 0 aliphatic rings. The second kappa shape index (κ2) is 11.2. The Bertz CT molecular complexity index is 2540.